The lowest BCUT2D eigenvalue weighted by Crippen LogP contribution is -1.83. The maximum Gasteiger partial charge on any atom is 0.210 e. The fraction of sp³-hybridized carbons (Fsp3) is 0. The second-order valence-electron chi connectivity index (χ2n) is 1.12. The highest BCUT2D eigenvalue weighted by Crippen LogP contribution is 1.97. The summed E-state index contributed by atoms with van der Waals surface area (Å²) in [4.78, 5) is 3.70. The van der Waals surface area contributed by atoms with Gasteiger partial charge in [0.25, 0.3) is 0 Å². The minimum atomic E-state index is 0.447. The van der Waals surface area contributed by atoms with E-state index in [1.807, 2.05) is 0 Å². The molecule has 0 atom stereocenters. The monoisotopic (exact) mass is 95.0 g/mol. The van der Waals surface area contributed by atoms with E-state index in [0.717, 1.165) is 0 Å². The predicted octanol–water partition coefficient (Wildman–Crippen LogP) is 1.07. The van der Waals surface area contributed by atoms with Crippen LogP contribution in [-0.2, 0) is 4.74 Å². The molecule has 0 aliphatic carbocycles. The van der Waals surface area contributed by atoms with Crippen molar-refractivity contribution < 1.29 is 4.74 Å². The minimum Gasteiger partial charge on any atom is -0.447 e. The van der Waals surface area contributed by atoms with E-state index >= 15 is 0 Å². The number of rotatable bonds is 0. The molecule has 0 saturated heterocycles. The molecular weight excluding hydrogens is 90.1 g/mol. The van der Waals surface area contributed by atoms with E-state index in [-0.39, 0.29) is 0 Å². The third-order valence-electron chi connectivity index (χ3n) is 0.587. The lowest BCUT2D eigenvalue weighted by molar-refractivity contribution is 0.347. The van der Waals surface area contributed by atoms with Gasteiger partial charge >= 0.3 is 0 Å². The third-order valence-corrected chi connectivity index (χ3v) is 0.587. The van der Waals surface area contributed by atoms with Gasteiger partial charge in [-0.15, -0.1) is 0 Å². The van der Waals surface area contributed by atoms with Crippen LogP contribution in [0.25, 0.3) is 0 Å². The maximum absolute atomic E-state index is 4.70. The summed E-state index contributed by atoms with van der Waals surface area (Å²) in [7, 11) is 0. The zero-order chi connectivity index (χ0) is 5.11. The van der Waals surface area contributed by atoms with Gasteiger partial charge in [0.1, 0.15) is 0 Å². The zero-order valence-corrected chi connectivity index (χ0v) is 3.79. The Kier molecular flexibility index (Phi) is 0.941. The Morgan fingerprint density at radius 1 is 1.71 bits per heavy atom. The first-order valence-electron chi connectivity index (χ1n) is 1.94. The Labute approximate surface area is 41.8 Å². The molecule has 0 radical (unpaired) electrons. The van der Waals surface area contributed by atoms with Crippen LogP contribution < -0.4 is 0 Å². The molecule has 7 heavy (non-hydrogen) atoms. The van der Waals surface area contributed by atoms with Crippen molar-refractivity contribution in [3.05, 3.63) is 24.8 Å². The highest BCUT2D eigenvalue weighted by atomic mass is 16.5. The van der Waals surface area contributed by atoms with Crippen LogP contribution in [0.4, 0.5) is 0 Å². The molecule has 0 aromatic heterocycles. The molecule has 0 spiro atoms. The Morgan fingerprint density at radius 2 is 2.57 bits per heavy atom. The second-order valence-corrected chi connectivity index (χ2v) is 1.12. The summed E-state index contributed by atoms with van der Waals surface area (Å²) in [5.41, 5.74) is 0. The van der Waals surface area contributed by atoms with E-state index in [9.17, 15) is 0 Å². The Bertz CT molecular complexity index is 135. The van der Waals surface area contributed by atoms with Crippen molar-refractivity contribution in [2.24, 2.45) is 4.99 Å². The van der Waals surface area contributed by atoms with Gasteiger partial charge in [0.15, 0.2) is 0 Å². The lowest BCUT2D eigenvalue weighted by Gasteiger charge is -1.97. The largest absolute Gasteiger partial charge is 0.447 e. The molecule has 0 aromatic rings. The molecule has 1 rings (SSSR count). The van der Waals surface area contributed by atoms with Crippen LogP contribution in [0.2, 0.25) is 0 Å². The number of allylic oxidation sites excluding steroid dienone is 1. The maximum atomic E-state index is 4.70. The average Bonchev–Trinajstić information content (AvgIpc) is 1.69. The topological polar surface area (TPSA) is 21.6 Å². The van der Waals surface area contributed by atoms with Gasteiger partial charge in [-0.1, -0.05) is 0 Å². The molecular formula is C5H5NO. The summed E-state index contributed by atoms with van der Waals surface area (Å²) in [6.45, 7) is 3.44. The summed E-state index contributed by atoms with van der Waals surface area (Å²) in [5.74, 6) is 0.447. The molecule has 1 heterocycles. The molecule has 36 valence electrons. The third kappa shape index (κ3) is 0.892. The van der Waals surface area contributed by atoms with Gasteiger partial charge in [0.2, 0.25) is 5.88 Å². The van der Waals surface area contributed by atoms with Crippen LogP contribution in [-0.4, -0.2) is 6.21 Å². The molecule has 1 aliphatic rings. The SMILES string of the molecule is C=C1N=CC=CO1. The summed E-state index contributed by atoms with van der Waals surface area (Å²) in [6.07, 6.45) is 4.87. The van der Waals surface area contributed by atoms with Crippen molar-refractivity contribution in [3.8, 4) is 0 Å². The molecule has 0 fully saturated rings. The van der Waals surface area contributed by atoms with E-state index < -0.39 is 0 Å². The van der Waals surface area contributed by atoms with Crippen LogP contribution in [0.5, 0.6) is 0 Å². The average molecular weight is 95.1 g/mol. The van der Waals surface area contributed by atoms with Crippen molar-refractivity contribution in [1.29, 1.82) is 0 Å². The quantitative estimate of drug-likeness (QED) is 0.441. The molecule has 2 heteroatoms. The summed E-state index contributed by atoms with van der Waals surface area (Å²) in [5, 5.41) is 0. The molecule has 0 unspecified atom stereocenters. The highest BCUT2D eigenvalue weighted by Gasteiger charge is 1.85. The van der Waals surface area contributed by atoms with Crippen molar-refractivity contribution in [2.75, 3.05) is 0 Å². The molecule has 0 bridgehead atoms. The zero-order valence-electron chi connectivity index (χ0n) is 3.79. The molecule has 0 N–H and O–H groups in total. The number of ether oxygens (including phenoxy) is 1. The minimum absolute atomic E-state index is 0.447. The fourth-order valence-electron chi connectivity index (χ4n) is 0.310. The van der Waals surface area contributed by atoms with Crippen LogP contribution in [0.3, 0.4) is 0 Å². The molecule has 1 aliphatic heterocycles. The Balaban J connectivity index is 2.66. The standard InChI is InChI=1S/C5H5NO/c1-5-6-3-2-4-7-5/h2-4H,1H2. The van der Waals surface area contributed by atoms with Crippen LogP contribution in [0.15, 0.2) is 29.8 Å². The van der Waals surface area contributed by atoms with Gasteiger partial charge < -0.3 is 4.74 Å². The van der Waals surface area contributed by atoms with Gasteiger partial charge in [0, 0.05) is 6.21 Å². The Morgan fingerprint density at radius 3 is 2.86 bits per heavy atom. The number of nitrogens with zero attached hydrogens (tertiary/aromatic N) is 1. The van der Waals surface area contributed by atoms with E-state index in [2.05, 4.69) is 11.6 Å². The second kappa shape index (κ2) is 1.60. The van der Waals surface area contributed by atoms with Crippen LogP contribution >= 0.6 is 0 Å². The van der Waals surface area contributed by atoms with Crippen molar-refractivity contribution >= 4 is 6.21 Å². The number of hydrogen-bond donors (Lipinski definition) is 0. The van der Waals surface area contributed by atoms with E-state index in [4.69, 9.17) is 4.74 Å². The molecule has 0 amide bonds. The molecule has 2 nitrogen and oxygen atoms in total. The van der Waals surface area contributed by atoms with E-state index in [0.29, 0.717) is 5.88 Å². The van der Waals surface area contributed by atoms with Gasteiger partial charge in [-0.2, -0.15) is 0 Å². The predicted molar refractivity (Wildman–Crippen MR) is 27.9 cm³/mol. The van der Waals surface area contributed by atoms with Crippen molar-refractivity contribution in [1.82, 2.24) is 0 Å². The normalized spacial score (nSPS) is 16.9. The smallest absolute Gasteiger partial charge is 0.210 e. The lowest BCUT2D eigenvalue weighted by atomic mass is 10.6. The van der Waals surface area contributed by atoms with Gasteiger partial charge in [-0.25, -0.2) is 4.99 Å². The fourth-order valence-corrected chi connectivity index (χ4v) is 0.310. The molecule has 0 aromatic carbocycles. The first-order valence-corrected chi connectivity index (χ1v) is 1.94. The van der Waals surface area contributed by atoms with E-state index in [1.165, 1.54) is 6.26 Å². The number of aliphatic imine (C=N–C) groups is 1. The molecule has 0 saturated carbocycles. The van der Waals surface area contributed by atoms with E-state index in [1.54, 1.807) is 12.3 Å². The van der Waals surface area contributed by atoms with Gasteiger partial charge in [-0.05, 0) is 12.7 Å². The summed E-state index contributed by atoms with van der Waals surface area (Å²) >= 11 is 0. The first kappa shape index (κ1) is 4.12. The first-order chi connectivity index (χ1) is 3.39. The summed E-state index contributed by atoms with van der Waals surface area (Å²) in [6, 6.07) is 0. The number of hydrogen-bond acceptors (Lipinski definition) is 2. The van der Waals surface area contributed by atoms with Crippen molar-refractivity contribution in [2.45, 2.75) is 0 Å². The van der Waals surface area contributed by atoms with Crippen LogP contribution in [0, 0.1) is 0 Å². The summed E-state index contributed by atoms with van der Waals surface area (Å²) < 4.78 is 4.70. The van der Waals surface area contributed by atoms with Gasteiger partial charge in [-0.3, -0.25) is 0 Å². The Hall–Kier alpha value is -1.05. The van der Waals surface area contributed by atoms with Gasteiger partial charge in [0.05, 0.1) is 6.26 Å². The van der Waals surface area contributed by atoms with Crippen molar-refractivity contribution in [3.63, 3.8) is 0 Å². The highest BCUT2D eigenvalue weighted by molar-refractivity contribution is 5.72. The van der Waals surface area contributed by atoms with Crippen LogP contribution in [0.1, 0.15) is 0 Å².